The van der Waals surface area contributed by atoms with Gasteiger partial charge in [0.1, 0.15) is 6.17 Å². The smallest absolute Gasteiger partial charge is 0.153 e. The maximum atomic E-state index is 13.3. The number of aryl methyl sites for hydroxylation is 1. The van der Waals surface area contributed by atoms with E-state index in [9.17, 15) is 4.39 Å². The molecule has 0 saturated carbocycles. The number of aromatic nitrogens is 2. The van der Waals surface area contributed by atoms with E-state index in [-0.39, 0.29) is 11.6 Å². The molecule has 0 radical (unpaired) electrons. The van der Waals surface area contributed by atoms with E-state index >= 15 is 0 Å². The fourth-order valence-corrected chi connectivity index (χ4v) is 1.34. The highest BCUT2D eigenvalue weighted by Gasteiger charge is 2.16. The molecule has 1 atom stereocenters. The predicted octanol–water partition coefficient (Wildman–Crippen LogP) is 1.43. The summed E-state index contributed by atoms with van der Waals surface area (Å²) < 4.78 is 14.8. The molecule has 0 bridgehead atoms. The fraction of sp³-hybridized carbons (Fsp3) is 0.571. The van der Waals surface area contributed by atoms with Crippen molar-refractivity contribution in [2.75, 3.05) is 6.54 Å². The van der Waals surface area contributed by atoms with Crippen molar-refractivity contribution < 1.29 is 4.39 Å². The van der Waals surface area contributed by atoms with Gasteiger partial charge in [-0.3, -0.25) is 0 Å². The predicted molar refractivity (Wildman–Crippen MR) is 45.7 cm³/mol. The number of hydrogen-bond acceptors (Lipinski definition) is 2. The first-order valence-electron chi connectivity index (χ1n) is 3.67. The Balaban J connectivity index is 2.85. The van der Waals surface area contributed by atoms with E-state index in [2.05, 4.69) is 4.98 Å². The molecule has 0 fully saturated rings. The zero-order chi connectivity index (χ0) is 9.14. The number of nitrogens with zero attached hydrogens (tertiary/aromatic N) is 2. The quantitative estimate of drug-likeness (QED) is 0.786. The Kier molecular flexibility index (Phi) is 3.05. The van der Waals surface area contributed by atoms with Gasteiger partial charge in [-0.25, -0.2) is 9.37 Å². The SMILES string of the molecule is Cn1cnc(Cl)c1C(F)CCN. The molecule has 0 aliphatic heterocycles. The summed E-state index contributed by atoms with van der Waals surface area (Å²) >= 11 is 5.66. The molecule has 2 N–H and O–H groups in total. The van der Waals surface area contributed by atoms with Crippen LogP contribution < -0.4 is 5.73 Å². The molecule has 0 spiro atoms. The van der Waals surface area contributed by atoms with Crippen LogP contribution in [0, 0.1) is 0 Å². The average molecular weight is 192 g/mol. The summed E-state index contributed by atoms with van der Waals surface area (Å²) in [6.07, 6.45) is 0.648. The third-order valence-electron chi connectivity index (χ3n) is 1.65. The van der Waals surface area contributed by atoms with E-state index < -0.39 is 6.17 Å². The van der Waals surface area contributed by atoms with Gasteiger partial charge in [0.2, 0.25) is 0 Å². The standard InChI is InChI=1S/C7H11ClFN3/c1-12-4-11-7(8)6(12)5(9)2-3-10/h4-5H,2-3,10H2,1H3. The van der Waals surface area contributed by atoms with Crippen LogP contribution in [0.4, 0.5) is 4.39 Å². The zero-order valence-corrected chi connectivity index (χ0v) is 7.55. The van der Waals surface area contributed by atoms with E-state index in [1.807, 2.05) is 0 Å². The first-order valence-corrected chi connectivity index (χ1v) is 4.05. The van der Waals surface area contributed by atoms with Crippen LogP contribution in [0.5, 0.6) is 0 Å². The first-order chi connectivity index (χ1) is 5.66. The maximum absolute atomic E-state index is 13.3. The monoisotopic (exact) mass is 191 g/mol. The minimum absolute atomic E-state index is 0.221. The number of halogens is 2. The van der Waals surface area contributed by atoms with Crippen molar-refractivity contribution in [2.24, 2.45) is 12.8 Å². The largest absolute Gasteiger partial charge is 0.334 e. The summed E-state index contributed by atoms with van der Waals surface area (Å²) in [6, 6.07) is 0. The van der Waals surface area contributed by atoms with Crippen molar-refractivity contribution in [2.45, 2.75) is 12.6 Å². The third kappa shape index (κ3) is 1.76. The highest BCUT2D eigenvalue weighted by Crippen LogP contribution is 2.26. The van der Waals surface area contributed by atoms with E-state index in [0.717, 1.165) is 0 Å². The molecule has 0 aromatic carbocycles. The molecule has 0 saturated heterocycles. The van der Waals surface area contributed by atoms with Crippen molar-refractivity contribution in [3.05, 3.63) is 17.2 Å². The van der Waals surface area contributed by atoms with Crippen molar-refractivity contribution >= 4 is 11.6 Å². The van der Waals surface area contributed by atoms with Crippen LogP contribution in [0.1, 0.15) is 18.3 Å². The topological polar surface area (TPSA) is 43.8 Å². The molecule has 1 heterocycles. The maximum Gasteiger partial charge on any atom is 0.153 e. The molecule has 0 aliphatic rings. The third-order valence-corrected chi connectivity index (χ3v) is 1.94. The molecule has 0 aliphatic carbocycles. The van der Waals surface area contributed by atoms with Gasteiger partial charge in [-0.2, -0.15) is 0 Å². The highest BCUT2D eigenvalue weighted by atomic mass is 35.5. The Labute approximate surface area is 75.3 Å². The summed E-state index contributed by atoms with van der Waals surface area (Å²) in [6.45, 7) is 0.308. The Morgan fingerprint density at radius 2 is 2.50 bits per heavy atom. The van der Waals surface area contributed by atoms with E-state index in [4.69, 9.17) is 17.3 Å². The van der Waals surface area contributed by atoms with Gasteiger partial charge in [0, 0.05) is 7.05 Å². The second kappa shape index (κ2) is 3.87. The van der Waals surface area contributed by atoms with Gasteiger partial charge < -0.3 is 10.3 Å². The molecule has 5 heteroatoms. The Bertz CT molecular complexity index is 242. The molecular formula is C7H11ClFN3. The van der Waals surface area contributed by atoms with Gasteiger partial charge >= 0.3 is 0 Å². The van der Waals surface area contributed by atoms with Crippen molar-refractivity contribution in [3.8, 4) is 0 Å². The van der Waals surface area contributed by atoms with E-state index in [1.165, 1.54) is 6.33 Å². The van der Waals surface area contributed by atoms with Crippen molar-refractivity contribution in [1.29, 1.82) is 0 Å². The Hall–Kier alpha value is -0.610. The van der Waals surface area contributed by atoms with Crippen LogP contribution in [0.2, 0.25) is 5.15 Å². The molecule has 1 aromatic heterocycles. The molecule has 1 aromatic rings. The second-order valence-corrected chi connectivity index (χ2v) is 2.93. The van der Waals surface area contributed by atoms with Crippen LogP contribution in [0.3, 0.4) is 0 Å². The minimum atomic E-state index is -1.12. The normalized spacial score (nSPS) is 13.3. The first kappa shape index (κ1) is 9.48. The van der Waals surface area contributed by atoms with Gasteiger partial charge in [0.25, 0.3) is 0 Å². The summed E-state index contributed by atoms with van der Waals surface area (Å²) in [5, 5.41) is 0.221. The van der Waals surface area contributed by atoms with Crippen LogP contribution in [-0.4, -0.2) is 16.1 Å². The second-order valence-electron chi connectivity index (χ2n) is 2.58. The number of nitrogens with two attached hydrogens (primary N) is 1. The van der Waals surface area contributed by atoms with Gasteiger partial charge in [-0.15, -0.1) is 0 Å². The van der Waals surface area contributed by atoms with Crippen LogP contribution >= 0.6 is 11.6 Å². The van der Waals surface area contributed by atoms with Crippen molar-refractivity contribution in [3.63, 3.8) is 0 Å². The highest BCUT2D eigenvalue weighted by molar-refractivity contribution is 6.30. The zero-order valence-electron chi connectivity index (χ0n) is 6.80. The molecule has 1 unspecified atom stereocenters. The van der Waals surface area contributed by atoms with E-state index in [0.29, 0.717) is 12.2 Å². The lowest BCUT2D eigenvalue weighted by Crippen LogP contribution is -2.07. The lowest BCUT2D eigenvalue weighted by atomic mass is 10.2. The van der Waals surface area contributed by atoms with Gasteiger partial charge in [-0.1, -0.05) is 11.6 Å². The lowest BCUT2D eigenvalue weighted by Gasteiger charge is -2.07. The van der Waals surface area contributed by atoms with Gasteiger partial charge in [0.05, 0.1) is 12.0 Å². The van der Waals surface area contributed by atoms with Crippen LogP contribution in [-0.2, 0) is 7.05 Å². The number of imidazole rings is 1. The van der Waals surface area contributed by atoms with Crippen LogP contribution in [0.15, 0.2) is 6.33 Å². The lowest BCUT2D eigenvalue weighted by molar-refractivity contribution is 0.314. The van der Waals surface area contributed by atoms with Gasteiger partial charge in [0.15, 0.2) is 5.15 Å². The molecule has 1 rings (SSSR count). The molecule has 0 amide bonds. The molecular weight excluding hydrogens is 181 g/mol. The summed E-state index contributed by atoms with van der Waals surface area (Å²) in [4.78, 5) is 3.77. The van der Waals surface area contributed by atoms with E-state index in [1.54, 1.807) is 11.6 Å². The molecule has 12 heavy (non-hydrogen) atoms. The Morgan fingerprint density at radius 3 is 2.92 bits per heavy atom. The number of alkyl halides is 1. The average Bonchev–Trinajstić information content (AvgIpc) is 2.32. The molecule has 3 nitrogen and oxygen atoms in total. The minimum Gasteiger partial charge on any atom is -0.334 e. The fourth-order valence-electron chi connectivity index (χ4n) is 1.04. The number of rotatable bonds is 3. The number of hydrogen-bond donors (Lipinski definition) is 1. The Morgan fingerprint density at radius 1 is 1.83 bits per heavy atom. The summed E-state index contributed by atoms with van der Waals surface area (Å²) in [5.41, 5.74) is 5.63. The molecule has 68 valence electrons. The summed E-state index contributed by atoms with van der Waals surface area (Å²) in [5.74, 6) is 0. The van der Waals surface area contributed by atoms with Crippen molar-refractivity contribution in [1.82, 2.24) is 9.55 Å². The summed E-state index contributed by atoms with van der Waals surface area (Å²) in [7, 11) is 1.71. The van der Waals surface area contributed by atoms with Gasteiger partial charge in [-0.05, 0) is 13.0 Å². The van der Waals surface area contributed by atoms with Crippen LogP contribution in [0.25, 0.3) is 0 Å².